The zero-order chi connectivity index (χ0) is 12.8. The number of carbonyl (C=O) groups is 1. The van der Waals surface area contributed by atoms with Crippen LogP contribution in [0, 0.1) is 12.3 Å². The SMILES string of the molecule is Cc1cc(Br)ccc1C(=O)N1CCC2(CC1)CC2. The molecule has 18 heavy (non-hydrogen) atoms. The molecule has 96 valence electrons. The Morgan fingerprint density at radius 2 is 1.89 bits per heavy atom. The van der Waals surface area contributed by atoms with Gasteiger partial charge in [-0.15, -0.1) is 0 Å². The Morgan fingerprint density at radius 1 is 1.22 bits per heavy atom. The third kappa shape index (κ3) is 2.20. The van der Waals surface area contributed by atoms with Crippen molar-refractivity contribution < 1.29 is 4.79 Å². The summed E-state index contributed by atoms with van der Waals surface area (Å²) < 4.78 is 1.03. The summed E-state index contributed by atoms with van der Waals surface area (Å²) in [5.41, 5.74) is 2.54. The summed E-state index contributed by atoms with van der Waals surface area (Å²) in [5, 5.41) is 0. The Labute approximate surface area is 116 Å². The van der Waals surface area contributed by atoms with Crippen molar-refractivity contribution in [3.8, 4) is 0 Å². The maximum Gasteiger partial charge on any atom is 0.254 e. The minimum atomic E-state index is 0.204. The minimum absolute atomic E-state index is 0.204. The zero-order valence-electron chi connectivity index (χ0n) is 10.7. The Kier molecular flexibility index (Phi) is 2.97. The van der Waals surface area contributed by atoms with Crippen molar-refractivity contribution in [1.29, 1.82) is 0 Å². The van der Waals surface area contributed by atoms with Crippen LogP contribution in [0.15, 0.2) is 22.7 Å². The second kappa shape index (κ2) is 4.37. The van der Waals surface area contributed by atoms with E-state index in [0.717, 1.165) is 28.7 Å². The molecule has 3 heteroatoms. The monoisotopic (exact) mass is 307 g/mol. The lowest BCUT2D eigenvalue weighted by Gasteiger charge is -2.32. The molecule has 2 fully saturated rings. The number of benzene rings is 1. The molecule has 1 aliphatic carbocycles. The van der Waals surface area contributed by atoms with Gasteiger partial charge in [-0.05, 0) is 61.8 Å². The standard InChI is InChI=1S/C15H18BrNO/c1-11-10-12(16)2-3-13(11)14(18)17-8-6-15(4-5-15)7-9-17/h2-3,10H,4-9H2,1H3. The van der Waals surface area contributed by atoms with Crippen molar-refractivity contribution in [3.05, 3.63) is 33.8 Å². The molecule has 1 aromatic rings. The summed E-state index contributed by atoms with van der Waals surface area (Å²) >= 11 is 3.44. The van der Waals surface area contributed by atoms with Crippen molar-refractivity contribution in [2.45, 2.75) is 32.6 Å². The quantitative estimate of drug-likeness (QED) is 0.773. The molecule has 1 saturated heterocycles. The van der Waals surface area contributed by atoms with Gasteiger partial charge in [-0.3, -0.25) is 4.79 Å². The second-order valence-electron chi connectivity index (χ2n) is 5.75. The molecule has 0 aromatic heterocycles. The normalized spacial score (nSPS) is 21.1. The molecule has 1 spiro atoms. The highest BCUT2D eigenvalue weighted by atomic mass is 79.9. The highest BCUT2D eigenvalue weighted by Gasteiger charge is 2.45. The van der Waals surface area contributed by atoms with Crippen LogP contribution in [0.3, 0.4) is 0 Å². The summed E-state index contributed by atoms with van der Waals surface area (Å²) in [6.07, 6.45) is 5.17. The van der Waals surface area contributed by atoms with Crippen molar-refractivity contribution in [2.24, 2.45) is 5.41 Å². The average Bonchev–Trinajstić information content (AvgIpc) is 3.09. The van der Waals surface area contributed by atoms with E-state index in [1.54, 1.807) is 0 Å². The minimum Gasteiger partial charge on any atom is -0.339 e. The molecule has 0 unspecified atom stereocenters. The van der Waals surface area contributed by atoms with E-state index in [1.165, 1.54) is 25.7 Å². The van der Waals surface area contributed by atoms with Gasteiger partial charge in [0.1, 0.15) is 0 Å². The van der Waals surface area contributed by atoms with Gasteiger partial charge < -0.3 is 4.90 Å². The van der Waals surface area contributed by atoms with Crippen LogP contribution in [0.25, 0.3) is 0 Å². The summed E-state index contributed by atoms with van der Waals surface area (Å²) in [7, 11) is 0. The number of amides is 1. The number of aryl methyl sites for hydroxylation is 1. The van der Waals surface area contributed by atoms with Crippen molar-refractivity contribution in [1.82, 2.24) is 4.90 Å². The number of likely N-dealkylation sites (tertiary alicyclic amines) is 1. The Hall–Kier alpha value is -0.830. The van der Waals surface area contributed by atoms with Gasteiger partial charge in [0.25, 0.3) is 5.91 Å². The van der Waals surface area contributed by atoms with Gasteiger partial charge in [-0.2, -0.15) is 0 Å². The number of hydrogen-bond donors (Lipinski definition) is 0. The number of halogens is 1. The number of hydrogen-bond acceptors (Lipinski definition) is 1. The van der Waals surface area contributed by atoms with Crippen molar-refractivity contribution in [3.63, 3.8) is 0 Å². The smallest absolute Gasteiger partial charge is 0.254 e. The van der Waals surface area contributed by atoms with Crippen LogP contribution < -0.4 is 0 Å². The van der Waals surface area contributed by atoms with Crippen LogP contribution in [-0.2, 0) is 0 Å². The van der Waals surface area contributed by atoms with Gasteiger partial charge in [0.15, 0.2) is 0 Å². The molecule has 2 aliphatic rings. The molecular formula is C15H18BrNO. The van der Waals surface area contributed by atoms with Crippen LogP contribution in [0.5, 0.6) is 0 Å². The maximum absolute atomic E-state index is 12.5. The molecule has 1 amide bonds. The van der Waals surface area contributed by atoms with Gasteiger partial charge >= 0.3 is 0 Å². The fourth-order valence-electron chi connectivity index (χ4n) is 2.90. The van der Waals surface area contributed by atoms with E-state index >= 15 is 0 Å². The largest absolute Gasteiger partial charge is 0.339 e. The lowest BCUT2D eigenvalue weighted by molar-refractivity contribution is 0.0678. The van der Waals surface area contributed by atoms with Crippen LogP contribution >= 0.6 is 15.9 Å². The van der Waals surface area contributed by atoms with E-state index in [2.05, 4.69) is 15.9 Å². The first-order chi connectivity index (χ1) is 8.60. The first kappa shape index (κ1) is 12.2. The average molecular weight is 308 g/mol. The van der Waals surface area contributed by atoms with E-state index in [-0.39, 0.29) is 5.91 Å². The number of nitrogens with zero attached hydrogens (tertiary/aromatic N) is 1. The van der Waals surface area contributed by atoms with Crippen LogP contribution in [-0.4, -0.2) is 23.9 Å². The lowest BCUT2D eigenvalue weighted by atomic mass is 9.93. The predicted molar refractivity (Wildman–Crippen MR) is 75.7 cm³/mol. The molecule has 3 rings (SSSR count). The van der Waals surface area contributed by atoms with Gasteiger partial charge in [0, 0.05) is 23.1 Å². The summed E-state index contributed by atoms with van der Waals surface area (Å²) in [6.45, 7) is 3.88. The second-order valence-corrected chi connectivity index (χ2v) is 6.67. The van der Waals surface area contributed by atoms with Crippen LogP contribution in [0.4, 0.5) is 0 Å². The van der Waals surface area contributed by atoms with E-state index in [4.69, 9.17) is 0 Å². The lowest BCUT2D eigenvalue weighted by Crippen LogP contribution is -2.39. The third-order valence-electron chi connectivity index (χ3n) is 4.49. The van der Waals surface area contributed by atoms with Crippen LogP contribution in [0.2, 0.25) is 0 Å². The van der Waals surface area contributed by atoms with Crippen molar-refractivity contribution in [2.75, 3.05) is 13.1 Å². The van der Waals surface area contributed by atoms with E-state index in [1.807, 2.05) is 30.0 Å². The third-order valence-corrected chi connectivity index (χ3v) is 4.98. The Bertz CT molecular complexity index is 483. The van der Waals surface area contributed by atoms with Crippen molar-refractivity contribution >= 4 is 21.8 Å². The number of rotatable bonds is 1. The molecule has 2 nitrogen and oxygen atoms in total. The number of piperidine rings is 1. The maximum atomic E-state index is 12.5. The Balaban J connectivity index is 1.74. The topological polar surface area (TPSA) is 20.3 Å². The van der Waals surface area contributed by atoms with Gasteiger partial charge in [0.2, 0.25) is 0 Å². The highest BCUT2D eigenvalue weighted by Crippen LogP contribution is 2.53. The molecule has 0 bridgehead atoms. The first-order valence-electron chi connectivity index (χ1n) is 6.65. The molecular weight excluding hydrogens is 290 g/mol. The molecule has 1 aromatic carbocycles. The molecule has 0 atom stereocenters. The van der Waals surface area contributed by atoms with E-state index in [0.29, 0.717) is 5.41 Å². The molecule has 0 N–H and O–H groups in total. The molecule has 1 heterocycles. The summed E-state index contributed by atoms with van der Waals surface area (Å²) in [5.74, 6) is 0.204. The highest BCUT2D eigenvalue weighted by molar-refractivity contribution is 9.10. The van der Waals surface area contributed by atoms with Gasteiger partial charge in [0.05, 0.1) is 0 Å². The predicted octanol–water partition coefficient (Wildman–Crippen LogP) is 3.77. The van der Waals surface area contributed by atoms with E-state index in [9.17, 15) is 4.79 Å². The zero-order valence-corrected chi connectivity index (χ0v) is 12.3. The summed E-state index contributed by atoms with van der Waals surface area (Å²) in [4.78, 5) is 14.5. The van der Waals surface area contributed by atoms with Gasteiger partial charge in [-0.25, -0.2) is 0 Å². The number of carbonyl (C=O) groups excluding carboxylic acids is 1. The van der Waals surface area contributed by atoms with E-state index < -0.39 is 0 Å². The van der Waals surface area contributed by atoms with Crippen LogP contribution in [0.1, 0.15) is 41.6 Å². The Morgan fingerprint density at radius 3 is 2.44 bits per heavy atom. The fraction of sp³-hybridized carbons (Fsp3) is 0.533. The fourth-order valence-corrected chi connectivity index (χ4v) is 3.37. The molecule has 0 radical (unpaired) electrons. The molecule has 1 saturated carbocycles. The first-order valence-corrected chi connectivity index (χ1v) is 7.44. The summed E-state index contributed by atoms with van der Waals surface area (Å²) in [6, 6.07) is 5.90. The molecule has 1 aliphatic heterocycles. The van der Waals surface area contributed by atoms with Gasteiger partial charge in [-0.1, -0.05) is 15.9 Å².